The van der Waals surface area contributed by atoms with Crippen molar-refractivity contribution >= 4 is 38.9 Å². The van der Waals surface area contributed by atoms with Crippen LogP contribution in [0.25, 0.3) is 0 Å². The molecule has 4 bridgehead atoms. The number of carbonyl (C=O) groups excluding carboxylic acids is 1. The van der Waals surface area contributed by atoms with E-state index in [1.54, 1.807) is 18.2 Å². The number of anilines is 2. The molecule has 5 fully saturated rings. The van der Waals surface area contributed by atoms with E-state index in [0.29, 0.717) is 47.1 Å². The molecule has 7 heteroatoms. The van der Waals surface area contributed by atoms with Crippen LogP contribution in [0.5, 0.6) is 0 Å². The van der Waals surface area contributed by atoms with Gasteiger partial charge in [-0.05, 0) is 80.9 Å². The van der Waals surface area contributed by atoms with Gasteiger partial charge in [-0.1, -0.05) is 11.6 Å². The van der Waals surface area contributed by atoms with E-state index in [-0.39, 0.29) is 17.1 Å². The van der Waals surface area contributed by atoms with Crippen LogP contribution in [0.4, 0.5) is 11.4 Å². The Labute approximate surface area is 165 Å². The Hall–Kier alpha value is -1.27. The van der Waals surface area contributed by atoms with Gasteiger partial charge in [-0.25, -0.2) is 8.42 Å². The average Bonchev–Trinajstić information content (AvgIpc) is 2.94. The molecule has 1 heterocycles. The summed E-state index contributed by atoms with van der Waals surface area (Å²) in [6.45, 7) is 0.439. The van der Waals surface area contributed by atoms with E-state index in [1.165, 1.54) is 23.6 Å². The zero-order valence-corrected chi connectivity index (χ0v) is 16.9. The number of nitrogens with zero attached hydrogens (tertiary/aromatic N) is 1. The van der Waals surface area contributed by atoms with Crippen molar-refractivity contribution in [3.63, 3.8) is 0 Å². The molecule has 1 aromatic carbocycles. The van der Waals surface area contributed by atoms with E-state index < -0.39 is 10.0 Å². The van der Waals surface area contributed by atoms with E-state index in [9.17, 15) is 13.2 Å². The summed E-state index contributed by atoms with van der Waals surface area (Å²) < 4.78 is 25.9. The molecule has 1 N–H and O–H groups in total. The molecule has 6 rings (SSSR count). The summed E-state index contributed by atoms with van der Waals surface area (Å²) in [4.78, 5) is 13.2. The number of halogens is 1. The maximum absolute atomic E-state index is 13.2. The Morgan fingerprint density at radius 2 is 1.74 bits per heavy atom. The lowest BCUT2D eigenvalue weighted by atomic mass is 9.49. The first-order valence-corrected chi connectivity index (χ1v) is 11.9. The van der Waals surface area contributed by atoms with Crippen LogP contribution in [-0.4, -0.2) is 26.6 Å². The highest BCUT2D eigenvalue weighted by Gasteiger charge is 2.54. The summed E-state index contributed by atoms with van der Waals surface area (Å²) in [5.41, 5.74) is 0.878. The lowest BCUT2D eigenvalue weighted by Crippen LogP contribution is -2.51. The molecule has 27 heavy (non-hydrogen) atoms. The normalized spacial score (nSPS) is 36.2. The largest absolute Gasteiger partial charge is 0.326 e. The van der Waals surface area contributed by atoms with E-state index in [2.05, 4.69) is 5.32 Å². The number of nitrogens with one attached hydrogen (secondary N) is 1. The van der Waals surface area contributed by atoms with Crippen molar-refractivity contribution in [2.24, 2.45) is 23.2 Å². The van der Waals surface area contributed by atoms with Gasteiger partial charge in [0, 0.05) is 12.2 Å². The fourth-order valence-electron chi connectivity index (χ4n) is 6.34. The van der Waals surface area contributed by atoms with Crippen molar-refractivity contribution in [2.45, 2.75) is 44.9 Å². The second-order valence-corrected chi connectivity index (χ2v) is 11.5. The van der Waals surface area contributed by atoms with Crippen molar-refractivity contribution in [3.8, 4) is 0 Å². The lowest BCUT2D eigenvalue weighted by Gasteiger charge is -2.55. The van der Waals surface area contributed by atoms with Crippen LogP contribution < -0.4 is 9.62 Å². The fourth-order valence-corrected chi connectivity index (χ4v) is 8.19. The van der Waals surface area contributed by atoms with Gasteiger partial charge in [-0.15, -0.1) is 0 Å². The Bertz CT molecular complexity index is 863. The highest BCUT2D eigenvalue weighted by atomic mass is 35.5. The van der Waals surface area contributed by atoms with Gasteiger partial charge in [0.1, 0.15) is 0 Å². The minimum atomic E-state index is -3.31. The van der Waals surface area contributed by atoms with Gasteiger partial charge in [-0.2, -0.15) is 0 Å². The second-order valence-electron chi connectivity index (χ2n) is 9.06. The molecule has 5 aliphatic rings. The standard InChI is InChI=1S/C20H25ClN2O3S/c21-17-3-2-16(9-18(17)23-4-1-5-27(23,25)26)22-19(24)20-10-13-6-14(11-20)8-15(7-13)12-20/h2-3,9,13-15H,1,4-8,10-12H2,(H,22,24). The van der Waals surface area contributed by atoms with Crippen molar-refractivity contribution < 1.29 is 13.2 Å². The van der Waals surface area contributed by atoms with Crippen LogP contribution in [0, 0.1) is 23.2 Å². The number of carbonyl (C=O) groups is 1. The molecule has 1 aliphatic heterocycles. The molecular weight excluding hydrogens is 384 g/mol. The molecule has 0 radical (unpaired) electrons. The maximum atomic E-state index is 13.2. The first-order valence-electron chi connectivity index (χ1n) is 9.96. The summed E-state index contributed by atoms with van der Waals surface area (Å²) in [7, 11) is -3.31. The highest BCUT2D eigenvalue weighted by molar-refractivity contribution is 7.93. The van der Waals surface area contributed by atoms with Crippen LogP contribution in [0.2, 0.25) is 5.02 Å². The van der Waals surface area contributed by atoms with Crippen LogP contribution in [0.1, 0.15) is 44.9 Å². The van der Waals surface area contributed by atoms with E-state index in [4.69, 9.17) is 11.6 Å². The Balaban J connectivity index is 1.40. The third-order valence-corrected chi connectivity index (χ3v) is 9.27. The zero-order chi connectivity index (χ0) is 18.8. The fraction of sp³-hybridized carbons (Fsp3) is 0.650. The van der Waals surface area contributed by atoms with Gasteiger partial charge >= 0.3 is 0 Å². The van der Waals surface area contributed by atoms with Gasteiger partial charge in [0.05, 0.1) is 21.9 Å². The summed E-state index contributed by atoms with van der Waals surface area (Å²) in [6.07, 6.45) is 7.51. The summed E-state index contributed by atoms with van der Waals surface area (Å²) in [5.74, 6) is 2.37. The van der Waals surface area contributed by atoms with Crippen molar-refractivity contribution in [3.05, 3.63) is 23.2 Å². The Morgan fingerprint density at radius 3 is 2.30 bits per heavy atom. The van der Waals surface area contributed by atoms with Gasteiger partial charge in [-0.3, -0.25) is 9.10 Å². The van der Waals surface area contributed by atoms with E-state index in [0.717, 1.165) is 19.3 Å². The topological polar surface area (TPSA) is 66.5 Å². The summed E-state index contributed by atoms with van der Waals surface area (Å²) in [5, 5.41) is 3.49. The van der Waals surface area contributed by atoms with Crippen molar-refractivity contribution in [2.75, 3.05) is 21.9 Å². The maximum Gasteiger partial charge on any atom is 0.235 e. The molecule has 4 aliphatic carbocycles. The number of hydrogen-bond acceptors (Lipinski definition) is 3. The zero-order valence-electron chi connectivity index (χ0n) is 15.3. The average molecular weight is 409 g/mol. The highest BCUT2D eigenvalue weighted by Crippen LogP contribution is 2.60. The van der Waals surface area contributed by atoms with Crippen LogP contribution in [0.3, 0.4) is 0 Å². The quantitative estimate of drug-likeness (QED) is 0.820. The molecule has 0 atom stereocenters. The van der Waals surface area contributed by atoms with Crippen LogP contribution >= 0.6 is 11.6 Å². The predicted molar refractivity (Wildman–Crippen MR) is 106 cm³/mol. The molecular formula is C20H25ClN2O3S. The van der Waals surface area contributed by atoms with Crippen LogP contribution in [-0.2, 0) is 14.8 Å². The van der Waals surface area contributed by atoms with E-state index in [1.807, 2.05) is 0 Å². The lowest BCUT2D eigenvalue weighted by molar-refractivity contribution is -0.140. The Morgan fingerprint density at radius 1 is 1.11 bits per heavy atom. The minimum Gasteiger partial charge on any atom is -0.326 e. The third-order valence-electron chi connectivity index (χ3n) is 7.09. The summed E-state index contributed by atoms with van der Waals surface area (Å²) in [6, 6.07) is 5.16. The SMILES string of the molecule is O=C(Nc1ccc(Cl)c(N2CCCS2(=O)=O)c1)C12CC3CC(CC(C3)C1)C2. The molecule has 0 spiro atoms. The summed E-state index contributed by atoms with van der Waals surface area (Å²) >= 11 is 6.28. The minimum absolute atomic E-state index is 0.110. The number of sulfonamides is 1. The molecule has 1 amide bonds. The smallest absolute Gasteiger partial charge is 0.235 e. The van der Waals surface area contributed by atoms with Gasteiger partial charge in [0.2, 0.25) is 15.9 Å². The van der Waals surface area contributed by atoms with Gasteiger partial charge in [0.25, 0.3) is 0 Å². The number of amides is 1. The molecule has 146 valence electrons. The first kappa shape index (κ1) is 17.8. The number of rotatable bonds is 3. The third kappa shape index (κ3) is 2.96. The van der Waals surface area contributed by atoms with Crippen molar-refractivity contribution in [1.29, 1.82) is 0 Å². The predicted octanol–water partition coefficient (Wildman–Crippen LogP) is 4.03. The molecule has 0 aromatic heterocycles. The molecule has 1 saturated heterocycles. The first-order chi connectivity index (χ1) is 12.8. The number of hydrogen-bond donors (Lipinski definition) is 1. The van der Waals surface area contributed by atoms with Crippen molar-refractivity contribution in [1.82, 2.24) is 0 Å². The molecule has 4 saturated carbocycles. The second kappa shape index (κ2) is 6.11. The van der Waals surface area contributed by atoms with E-state index >= 15 is 0 Å². The number of benzene rings is 1. The molecule has 5 nitrogen and oxygen atoms in total. The Kier molecular flexibility index (Phi) is 4.03. The van der Waals surface area contributed by atoms with Crippen LogP contribution in [0.15, 0.2) is 18.2 Å². The molecule has 0 unspecified atom stereocenters. The monoisotopic (exact) mass is 408 g/mol. The van der Waals surface area contributed by atoms with Gasteiger partial charge < -0.3 is 5.32 Å². The van der Waals surface area contributed by atoms with Gasteiger partial charge in [0.15, 0.2) is 0 Å². The molecule has 1 aromatic rings.